The van der Waals surface area contributed by atoms with E-state index < -0.39 is 17.6 Å². The minimum absolute atomic E-state index is 0.0853. The number of methoxy groups -OCH3 is 1. The molecule has 2 aromatic carbocycles. The molecule has 0 spiro atoms. The zero-order valence-corrected chi connectivity index (χ0v) is 16.4. The van der Waals surface area contributed by atoms with Crippen LogP contribution in [0.1, 0.15) is 30.5 Å². The average molecular weight is 396 g/mol. The predicted octanol–water partition coefficient (Wildman–Crippen LogP) is 2.91. The average Bonchev–Trinajstić information content (AvgIpc) is 2.95. The summed E-state index contributed by atoms with van der Waals surface area (Å²) in [5.41, 5.74) is 2.52. The van der Waals surface area contributed by atoms with Crippen molar-refractivity contribution in [2.24, 2.45) is 0 Å². The third-order valence-electron chi connectivity index (χ3n) is 4.64. The van der Waals surface area contributed by atoms with E-state index in [0.29, 0.717) is 29.9 Å². The monoisotopic (exact) mass is 396 g/mol. The van der Waals surface area contributed by atoms with E-state index in [4.69, 9.17) is 4.74 Å². The lowest BCUT2D eigenvalue weighted by Crippen LogP contribution is -2.31. The molecular weight excluding hydrogens is 375 g/mol. The lowest BCUT2D eigenvalue weighted by Gasteiger charge is -2.13. The normalized spacial score (nSPS) is 14.5. The van der Waals surface area contributed by atoms with E-state index in [2.05, 4.69) is 5.32 Å². The zero-order valence-electron chi connectivity index (χ0n) is 16.4. The second-order valence-electron chi connectivity index (χ2n) is 6.66. The molecule has 0 saturated carbocycles. The number of ether oxygens (including phenoxy) is 1. The Morgan fingerprint density at radius 1 is 1.10 bits per heavy atom. The molecule has 2 aromatic rings. The van der Waals surface area contributed by atoms with Crippen LogP contribution in [0.2, 0.25) is 0 Å². The van der Waals surface area contributed by atoms with Gasteiger partial charge in [-0.05, 0) is 30.2 Å². The first-order chi connectivity index (χ1) is 13.8. The van der Waals surface area contributed by atoms with E-state index in [-0.39, 0.29) is 17.2 Å². The van der Waals surface area contributed by atoms with Crippen molar-refractivity contribution in [3.05, 3.63) is 65.0 Å². The van der Waals surface area contributed by atoms with Gasteiger partial charge in [-0.1, -0.05) is 24.3 Å². The molecular formula is C22H21FN2O4. The van der Waals surface area contributed by atoms with Crippen LogP contribution in [0, 0.1) is 5.82 Å². The van der Waals surface area contributed by atoms with Crippen molar-refractivity contribution >= 4 is 34.7 Å². The van der Waals surface area contributed by atoms with Crippen LogP contribution in [0.5, 0.6) is 0 Å². The van der Waals surface area contributed by atoms with Crippen molar-refractivity contribution in [1.29, 1.82) is 0 Å². The van der Waals surface area contributed by atoms with Crippen LogP contribution in [-0.2, 0) is 25.5 Å². The largest absolute Gasteiger partial charge is 0.495 e. The molecule has 29 heavy (non-hydrogen) atoms. The van der Waals surface area contributed by atoms with Crippen molar-refractivity contribution in [2.45, 2.75) is 20.3 Å². The Morgan fingerprint density at radius 2 is 1.79 bits per heavy atom. The Hall–Kier alpha value is -3.48. The molecule has 1 heterocycles. The summed E-state index contributed by atoms with van der Waals surface area (Å²) in [6.07, 6.45) is 0.665. The van der Waals surface area contributed by atoms with Crippen LogP contribution in [-0.4, -0.2) is 31.4 Å². The number of anilines is 1. The van der Waals surface area contributed by atoms with Gasteiger partial charge in [0.05, 0.1) is 18.4 Å². The first kappa shape index (κ1) is 20.3. The number of fused-ring (bicyclic) bond motifs is 1. The standard InChI is InChI=1S/C22H21FN2O4/c1-13(26)24-11-10-15-4-6-16(7-5-15)21(29-3)20-18-9-8-17(23)12-19(18)25(14(2)27)22(20)28/h4-9,12H,10-11H2,1-3H3,(H,24,26)/b21-20+. The SMILES string of the molecule is CO/C(=C1/C(=O)N(C(C)=O)c2cc(F)ccc21)c1ccc(CCNC(C)=O)cc1. The summed E-state index contributed by atoms with van der Waals surface area (Å²) in [5, 5.41) is 2.74. The fourth-order valence-corrected chi connectivity index (χ4v) is 3.34. The summed E-state index contributed by atoms with van der Waals surface area (Å²) < 4.78 is 19.3. The molecule has 0 saturated heterocycles. The number of nitrogens with zero attached hydrogens (tertiary/aromatic N) is 1. The number of halogens is 1. The second kappa shape index (κ2) is 8.26. The molecule has 150 valence electrons. The van der Waals surface area contributed by atoms with E-state index >= 15 is 0 Å². The summed E-state index contributed by atoms with van der Waals surface area (Å²) in [5.74, 6) is -1.37. The summed E-state index contributed by atoms with van der Waals surface area (Å²) in [7, 11) is 1.44. The maximum Gasteiger partial charge on any atom is 0.269 e. The highest BCUT2D eigenvalue weighted by Gasteiger charge is 2.38. The number of benzene rings is 2. The van der Waals surface area contributed by atoms with E-state index in [9.17, 15) is 18.8 Å². The Labute approximate surface area is 168 Å². The van der Waals surface area contributed by atoms with Crippen LogP contribution < -0.4 is 10.2 Å². The topological polar surface area (TPSA) is 75.7 Å². The van der Waals surface area contributed by atoms with Crippen molar-refractivity contribution in [2.75, 3.05) is 18.6 Å². The first-order valence-corrected chi connectivity index (χ1v) is 9.10. The number of imide groups is 1. The second-order valence-corrected chi connectivity index (χ2v) is 6.66. The molecule has 0 bridgehead atoms. The molecule has 0 atom stereocenters. The zero-order chi connectivity index (χ0) is 21.1. The van der Waals surface area contributed by atoms with Gasteiger partial charge in [-0.25, -0.2) is 9.29 Å². The molecule has 1 N–H and O–H groups in total. The van der Waals surface area contributed by atoms with Crippen molar-refractivity contribution in [3.8, 4) is 0 Å². The van der Waals surface area contributed by atoms with E-state index in [1.54, 1.807) is 0 Å². The van der Waals surface area contributed by atoms with Crippen LogP contribution in [0.25, 0.3) is 11.3 Å². The Bertz CT molecular complexity index is 1010. The fraction of sp³-hybridized carbons (Fsp3) is 0.227. The lowest BCUT2D eigenvalue weighted by molar-refractivity contribution is -0.122. The highest BCUT2D eigenvalue weighted by molar-refractivity contribution is 6.42. The molecule has 3 rings (SSSR count). The molecule has 1 aliphatic rings. The molecule has 0 fully saturated rings. The summed E-state index contributed by atoms with van der Waals surface area (Å²) >= 11 is 0. The summed E-state index contributed by atoms with van der Waals surface area (Å²) in [6.45, 7) is 3.25. The van der Waals surface area contributed by atoms with Crippen molar-refractivity contribution in [1.82, 2.24) is 5.32 Å². The number of carbonyl (C=O) groups excluding carboxylic acids is 3. The minimum atomic E-state index is -0.551. The Balaban J connectivity index is 2.01. The molecule has 3 amide bonds. The van der Waals surface area contributed by atoms with Gasteiger partial charge in [0.2, 0.25) is 11.8 Å². The number of hydrogen-bond donors (Lipinski definition) is 1. The quantitative estimate of drug-likeness (QED) is 0.623. The smallest absolute Gasteiger partial charge is 0.269 e. The maximum atomic E-state index is 13.7. The van der Waals surface area contributed by atoms with Crippen LogP contribution >= 0.6 is 0 Å². The molecule has 0 aromatic heterocycles. The van der Waals surface area contributed by atoms with Gasteiger partial charge < -0.3 is 10.1 Å². The van der Waals surface area contributed by atoms with Crippen LogP contribution in [0.4, 0.5) is 10.1 Å². The Morgan fingerprint density at radius 3 is 2.38 bits per heavy atom. The lowest BCUT2D eigenvalue weighted by atomic mass is 10.0. The van der Waals surface area contributed by atoms with Gasteiger partial charge in [0, 0.05) is 31.5 Å². The molecule has 0 radical (unpaired) electrons. The Kier molecular flexibility index (Phi) is 5.77. The van der Waals surface area contributed by atoms with Gasteiger partial charge >= 0.3 is 0 Å². The van der Waals surface area contributed by atoms with Gasteiger partial charge in [0.25, 0.3) is 5.91 Å². The van der Waals surface area contributed by atoms with Gasteiger partial charge in [-0.3, -0.25) is 14.4 Å². The van der Waals surface area contributed by atoms with Gasteiger partial charge in [-0.15, -0.1) is 0 Å². The third kappa shape index (κ3) is 4.03. The molecule has 0 aliphatic carbocycles. The summed E-state index contributed by atoms with van der Waals surface area (Å²) in [6, 6.07) is 11.3. The number of rotatable bonds is 5. The van der Waals surface area contributed by atoms with Gasteiger partial charge in [-0.2, -0.15) is 0 Å². The highest BCUT2D eigenvalue weighted by atomic mass is 19.1. The first-order valence-electron chi connectivity index (χ1n) is 9.10. The third-order valence-corrected chi connectivity index (χ3v) is 4.64. The molecule has 7 heteroatoms. The molecule has 6 nitrogen and oxygen atoms in total. The van der Waals surface area contributed by atoms with Crippen LogP contribution in [0.3, 0.4) is 0 Å². The van der Waals surface area contributed by atoms with Crippen LogP contribution in [0.15, 0.2) is 42.5 Å². The van der Waals surface area contributed by atoms with Crippen molar-refractivity contribution < 1.29 is 23.5 Å². The molecule has 0 unspecified atom stereocenters. The van der Waals surface area contributed by atoms with E-state index in [1.165, 1.54) is 39.2 Å². The number of amides is 3. The van der Waals surface area contributed by atoms with Gasteiger partial charge in [0.15, 0.2) is 0 Å². The summed E-state index contributed by atoms with van der Waals surface area (Å²) in [4.78, 5) is 36.9. The molecule has 1 aliphatic heterocycles. The van der Waals surface area contributed by atoms with E-state index in [1.807, 2.05) is 24.3 Å². The fourth-order valence-electron chi connectivity index (χ4n) is 3.34. The van der Waals surface area contributed by atoms with Crippen molar-refractivity contribution in [3.63, 3.8) is 0 Å². The predicted molar refractivity (Wildman–Crippen MR) is 107 cm³/mol. The number of carbonyl (C=O) groups is 3. The number of nitrogens with one attached hydrogen (secondary N) is 1. The van der Waals surface area contributed by atoms with E-state index in [0.717, 1.165) is 10.5 Å². The number of hydrogen-bond acceptors (Lipinski definition) is 4. The minimum Gasteiger partial charge on any atom is -0.495 e. The maximum absolute atomic E-state index is 13.7. The van der Waals surface area contributed by atoms with Gasteiger partial charge in [0.1, 0.15) is 11.6 Å². The highest BCUT2D eigenvalue weighted by Crippen LogP contribution is 2.41.